The van der Waals surface area contributed by atoms with E-state index in [1.54, 1.807) is 30.2 Å². The predicted molar refractivity (Wildman–Crippen MR) is 70.6 cm³/mol. The summed E-state index contributed by atoms with van der Waals surface area (Å²) in [5.74, 6) is -0.914. The quantitative estimate of drug-likeness (QED) is 0.868. The van der Waals surface area contributed by atoms with Crippen molar-refractivity contribution in [3.63, 3.8) is 0 Å². The van der Waals surface area contributed by atoms with Crippen molar-refractivity contribution in [2.45, 2.75) is 0 Å². The molecule has 0 saturated heterocycles. The summed E-state index contributed by atoms with van der Waals surface area (Å²) in [7, 11) is 1.56. The zero-order valence-corrected chi connectivity index (χ0v) is 11.5. The molecule has 0 heterocycles. The Morgan fingerprint density at radius 3 is 2.83 bits per heavy atom. The highest BCUT2D eigenvalue weighted by Gasteiger charge is 2.13. The van der Waals surface area contributed by atoms with Crippen LogP contribution in [-0.2, 0) is 9.53 Å². The van der Waals surface area contributed by atoms with E-state index in [4.69, 9.17) is 15.1 Å². The van der Waals surface area contributed by atoms with E-state index in [2.05, 4.69) is 15.9 Å². The normalized spacial score (nSPS) is 9.83. The average Bonchev–Trinajstić information content (AvgIpc) is 2.34. The molecule has 0 radical (unpaired) electrons. The maximum absolute atomic E-state index is 10.8. The molecular formula is C12H13BrN2O3. The molecule has 1 N–H and O–H groups in total. The van der Waals surface area contributed by atoms with Crippen molar-refractivity contribution in [3.05, 3.63) is 28.2 Å². The first-order valence-electron chi connectivity index (χ1n) is 5.23. The fourth-order valence-electron chi connectivity index (χ4n) is 1.48. The van der Waals surface area contributed by atoms with Gasteiger partial charge in [-0.05, 0) is 34.1 Å². The number of nitriles is 1. The highest BCUT2D eigenvalue weighted by molar-refractivity contribution is 9.10. The van der Waals surface area contributed by atoms with Crippen molar-refractivity contribution in [1.82, 2.24) is 0 Å². The van der Waals surface area contributed by atoms with Gasteiger partial charge in [-0.3, -0.25) is 4.79 Å². The molecule has 0 bridgehead atoms. The van der Waals surface area contributed by atoms with Gasteiger partial charge in [0.05, 0.1) is 23.9 Å². The fraction of sp³-hybridized carbons (Fsp3) is 0.333. The Bertz CT molecular complexity index is 471. The fourth-order valence-corrected chi connectivity index (χ4v) is 2.11. The van der Waals surface area contributed by atoms with Crippen LogP contribution in [0.15, 0.2) is 22.7 Å². The summed E-state index contributed by atoms with van der Waals surface area (Å²) in [5.41, 5.74) is 1.25. The van der Waals surface area contributed by atoms with Crippen LogP contribution in [-0.4, -0.2) is 37.9 Å². The minimum atomic E-state index is -0.914. The maximum Gasteiger partial charge on any atom is 0.323 e. The van der Waals surface area contributed by atoms with Crippen molar-refractivity contribution in [3.8, 4) is 6.07 Å². The number of nitrogens with zero attached hydrogens (tertiary/aromatic N) is 2. The van der Waals surface area contributed by atoms with E-state index >= 15 is 0 Å². The van der Waals surface area contributed by atoms with Gasteiger partial charge in [0.15, 0.2) is 0 Å². The maximum atomic E-state index is 10.8. The number of hydrogen-bond acceptors (Lipinski definition) is 4. The van der Waals surface area contributed by atoms with Gasteiger partial charge in [0, 0.05) is 18.1 Å². The molecule has 96 valence electrons. The zero-order valence-electron chi connectivity index (χ0n) is 9.89. The van der Waals surface area contributed by atoms with Crippen LogP contribution >= 0.6 is 15.9 Å². The molecule has 0 spiro atoms. The van der Waals surface area contributed by atoms with Crippen molar-refractivity contribution >= 4 is 27.6 Å². The molecule has 5 nitrogen and oxygen atoms in total. The molecule has 1 aromatic carbocycles. The van der Waals surface area contributed by atoms with Crippen LogP contribution in [0.2, 0.25) is 0 Å². The van der Waals surface area contributed by atoms with Gasteiger partial charge in [-0.1, -0.05) is 0 Å². The van der Waals surface area contributed by atoms with Crippen LogP contribution in [0.1, 0.15) is 5.56 Å². The molecule has 0 aliphatic rings. The third kappa shape index (κ3) is 4.02. The number of carboxylic acids is 1. The number of methoxy groups -OCH3 is 1. The van der Waals surface area contributed by atoms with Crippen LogP contribution in [0.25, 0.3) is 0 Å². The molecule has 0 saturated carbocycles. The molecule has 0 amide bonds. The SMILES string of the molecule is COCCN(CC(=O)O)c1ccc(C#N)cc1Br. The topological polar surface area (TPSA) is 73.6 Å². The van der Waals surface area contributed by atoms with Crippen molar-refractivity contribution < 1.29 is 14.6 Å². The van der Waals surface area contributed by atoms with E-state index in [1.807, 2.05) is 6.07 Å². The summed E-state index contributed by atoms with van der Waals surface area (Å²) in [6, 6.07) is 7.07. The molecule has 1 rings (SSSR count). The highest BCUT2D eigenvalue weighted by atomic mass is 79.9. The molecule has 0 aliphatic carbocycles. The first-order valence-corrected chi connectivity index (χ1v) is 6.03. The standard InChI is InChI=1S/C12H13BrN2O3/c1-18-5-4-15(8-12(16)17)11-3-2-9(7-14)6-10(11)13/h2-3,6H,4-5,8H2,1H3,(H,16,17). The molecule has 0 unspecified atom stereocenters. The van der Waals surface area contributed by atoms with Crippen LogP contribution in [0.5, 0.6) is 0 Å². The Kier molecular flexibility index (Phi) is 5.62. The molecule has 0 aromatic heterocycles. The minimum Gasteiger partial charge on any atom is -0.480 e. The van der Waals surface area contributed by atoms with Crippen molar-refractivity contribution in [2.24, 2.45) is 0 Å². The van der Waals surface area contributed by atoms with Gasteiger partial charge in [-0.25, -0.2) is 0 Å². The molecular weight excluding hydrogens is 300 g/mol. The van der Waals surface area contributed by atoms with E-state index in [0.717, 1.165) is 5.69 Å². The smallest absolute Gasteiger partial charge is 0.323 e. The Hall–Kier alpha value is -1.58. The van der Waals surface area contributed by atoms with E-state index in [9.17, 15) is 4.79 Å². The number of ether oxygens (including phenoxy) is 1. The first kappa shape index (κ1) is 14.5. The van der Waals surface area contributed by atoms with E-state index < -0.39 is 5.97 Å². The molecule has 0 atom stereocenters. The monoisotopic (exact) mass is 312 g/mol. The molecule has 18 heavy (non-hydrogen) atoms. The second-order valence-electron chi connectivity index (χ2n) is 3.59. The number of aliphatic carboxylic acids is 1. The highest BCUT2D eigenvalue weighted by Crippen LogP contribution is 2.27. The van der Waals surface area contributed by atoms with Crippen molar-refractivity contribution in [1.29, 1.82) is 5.26 Å². The Labute approximate surface area is 114 Å². The third-order valence-corrected chi connectivity index (χ3v) is 2.94. The van der Waals surface area contributed by atoms with Gasteiger partial charge in [-0.2, -0.15) is 5.26 Å². The number of halogens is 1. The Morgan fingerprint density at radius 1 is 1.61 bits per heavy atom. The van der Waals surface area contributed by atoms with Gasteiger partial charge in [0.2, 0.25) is 0 Å². The van der Waals surface area contributed by atoms with Crippen LogP contribution in [0.4, 0.5) is 5.69 Å². The lowest BCUT2D eigenvalue weighted by molar-refractivity contribution is -0.135. The van der Waals surface area contributed by atoms with Gasteiger partial charge in [0.25, 0.3) is 0 Å². The third-order valence-electron chi connectivity index (χ3n) is 2.31. The summed E-state index contributed by atoms with van der Waals surface area (Å²) >= 11 is 3.34. The van der Waals surface area contributed by atoms with Crippen LogP contribution in [0.3, 0.4) is 0 Å². The number of benzene rings is 1. The number of hydrogen-bond donors (Lipinski definition) is 1. The molecule has 6 heteroatoms. The summed E-state index contributed by atoms with van der Waals surface area (Å²) in [6.45, 7) is 0.779. The average molecular weight is 313 g/mol. The summed E-state index contributed by atoms with van der Waals surface area (Å²) in [6.07, 6.45) is 0. The Balaban J connectivity index is 2.97. The number of carboxylic acid groups (broad SMARTS) is 1. The lowest BCUT2D eigenvalue weighted by Gasteiger charge is -2.23. The largest absolute Gasteiger partial charge is 0.480 e. The van der Waals surface area contributed by atoms with Gasteiger partial charge >= 0.3 is 5.97 Å². The van der Waals surface area contributed by atoms with E-state index in [0.29, 0.717) is 23.2 Å². The van der Waals surface area contributed by atoms with Crippen LogP contribution < -0.4 is 4.90 Å². The number of anilines is 1. The first-order chi connectivity index (χ1) is 8.58. The van der Waals surface area contributed by atoms with Gasteiger partial charge in [-0.15, -0.1) is 0 Å². The summed E-state index contributed by atoms with van der Waals surface area (Å²) in [5, 5.41) is 17.7. The second-order valence-corrected chi connectivity index (χ2v) is 4.44. The van der Waals surface area contributed by atoms with E-state index in [1.165, 1.54) is 0 Å². The molecule has 0 fully saturated rings. The zero-order chi connectivity index (χ0) is 13.5. The summed E-state index contributed by atoms with van der Waals surface area (Å²) < 4.78 is 5.65. The van der Waals surface area contributed by atoms with Crippen LogP contribution in [0, 0.1) is 11.3 Å². The Morgan fingerprint density at radius 2 is 2.33 bits per heavy atom. The van der Waals surface area contributed by atoms with Crippen molar-refractivity contribution in [2.75, 3.05) is 31.7 Å². The summed E-state index contributed by atoms with van der Waals surface area (Å²) in [4.78, 5) is 12.5. The second kappa shape index (κ2) is 6.99. The predicted octanol–water partition coefficient (Wildman–Crippen LogP) is 1.86. The lowest BCUT2D eigenvalue weighted by atomic mass is 10.2. The molecule has 0 aliphatic heterocycles. The van der Waals surface area contributed by atoms with E-state index in [-0.39, 0.29) is 6.54 Å². The lowest BCUT2D eigenvalue weighted by Crippen LogP contribution is -2.32. The number of carbonyl (C=O) groups is 1. The number of rotatable bonds is 6. The molecule has 1 aromatic rings. The van der Waals surface area contributed by atoms with Gasteiger partial charge in [0.1, 0.15) is 6.54 Å². The minimum absolute atomic E-state index is 0.117. The van der Waals surface area contributed by atoms with Gasteiger partial charge < -0.3 is 14.7 Å².